The summed E-state index contributed by atoms with van der Waals surface area (Å²) >= 11 is 2.94. The Kier molecular flexibility index (Phi) is 35.4. The maximum Gasteiger partial charge on any atom is 1.00 e. The molecular weight excluding hydrogens is 1310 g/mol. The van der Waals surface area contributed by atoms with Gasteiger partial charge in [0.2, 0.25) is 17.6 Å². The number of nitrogens with one attached hydrogen (secondary N) is 5. The minimum Gasteiger partial charge on any atom is -0.870 e. The molecule has 2 aromatic heterocycles. The van der Waals surface area contributed by atoms with E-state index in [-0.39, 0.29) is 107 Å². The molecule has 2 saturated heterocycles. The molecule has 0 spiro atoms. The second-order valence-corrected chi connectivity index (χ2v) is 24.6. The summed E-state index contributed by atoms with van der Waals surface area (Å²) in [7, 11) is 0. The molecule has 0 radical (unpaired) electrons. The van der Waals surface area contributed by atoms with Gasteiger partial charge < -0.3 is 96.3 Å². The molecule has 27 nitrogen and oxygen atoms in total. The number of nitrogens with zero attached hydrogens (tertiary/aromatic N) is 2. The zero-order valence-corrected chi connectivity index (χ0v) is 59.2. The zero-order chi connectivity index (χ0) is 67.1. The molecule has 0 aliphatic carbocycles. The van der Waals surface area contributed by atoms with Crippen molar-refractivity contribution < 1.29 is 158 Å². The average molecular weight is 1390 g/mol. The normalized spacial score (nSPS) is 21.7. The average Bonchev–Trinajstić information content (AvgIpc) is 0.780. The largest absolute Gasteiger partial charge is 1.00 e. The number of carboxylic acids is 1. The number of benzene rings is 3. The number of ketones is 1. The second-order valence-electron chi connectivity index (χ2n) is 22.2. The first-order chi connectivity index (χ1) is 44.6. The van der Waals surface area contributed by atoms with E-state index in [4.69, 9.17) is 18.9 Å². The van der Waals surface area contributed by atoms with Gasteiger partial charge >= 0.3 is 59.1 Å². The standard InChI is InChI=1S/C65H78N7O19S2.2Na.H2O/c1-39(74)71-54-50(77)34-64(38-73,90-58(54)56(81)52(79)36-69-61(84)45-19-13-41(14-20-45)47-10-3-5-25-66-47)88-28-8-32-93-33-27-68-60(83)44-23-17-43(18-24-44)49(76)12-7-30-92-31-9-29-89-65(63(86)87)35-51(78)55(72-40(2)75)59(91-65)57(82)53(80)37-70-62(85)46-21-15-42(16-22-46)48-11-4-6-26-67-48;;;/h3-6,10-11,13-26,50-59,77-82H,7-9,12,27-37H2,1-2H3,(H,68,83)(H,69,84)(H,70,85)(H,71,74)(H,72,75)(H,86,87);;;1H2/q-1;2*+1;/p-2/t50-,51-,52+,53+,54+,55+,56+,57+,58+,59+,64+,65+;;;/m0.../s1. The third-order valence-electron chi connectivity index (χ3n) is 15.2. The quantitative estimate of drug-likeness (QED) is 0.00780. The van der Waals surface area contributed by atoms with Crippen LogP contribution in [0.1, 0.15) is 93.8 Å². The van der Waals surface area contributed by atoms with E-state index in [1.807, 2.05) is 18.2 Å². The van der Waals surface area contributed by atoms with Gasteiger partial charge in [0.05, 0.1) is 60.3 Å². The van der Waals surface area contributed by atoms with Crippen LogP contribution < -0.4 is 90.8 Å². The van der Waals surface area contributed by atoms with Gasteiger partial charge in [-0.1, -0.05) is 48.5 Å². The number of amides is 5. The van der Waals surface area contributed by atoms with Crippen LogP contribution in [0.3, 0.4) is 0 Å². The fourth-order valence-corrected chi connectivity index (χ4v) is 12.0. The van der Waals surface area contributed by atoms with Crippen LogP contribution in [0.5, 0.6) is 0 Å². The van der Waals surface area contributed by atoms with Crippen molar-refractivity contribution in [3.63, 3.8) is 0 Å². The van der Waals surface area contributed by atoms with Gasteiger partial charge in [-0.25, -0.2) is 6.29 Å². The van der Waals surface area contributed by atoms with Gasteiger partial charge in [-0.05, 0) is 97.2 Å². The maximum absolute atomic E-state index is 13.0. The van der Waals surface area contributed by atoms with Gasteiger partial charge in [0.15, 0.2) is 5.78 Å². The van der Waals surface area contributed by atoms with E-state index in [1.54, 1.807) is 110 Å². The topological polar surface area (TPSA) is 434 Å². The van der Waals surface area contributed by atoms with E-state index in [0.29, 0.717) is 71.3 Å². The summed E-state index contributed by atoms with van der Waals surface area (Å²) in [4.78, 5) is 110. The van der Waals surface area contributed by atoms with Gasteiger partial charge in [-0.3, -0.25) is 38.7 Å². The van der Waals surface area contributed by atoms with Crippen molar-refractivity contribution in [1.29, 1.82) is 0 Å². The van der Waals surface area contributed by atoms with Crippen molar-refractivity contribution in [2.75, 3.05) is 55.9 Å². The minimum absolute atomic E-state index is 0. The molecule has 2 aliphatic heterocycles. The number of hydrogen-bond donors (Lipinski definition) is 11. The van der Waals surface area contributed by atoms with E-state index in [1.165, 1.54) is 30.4 Å². The van der Waals surface area contributed by atoms with Crippen LogP contribution in [-0.4, -0.2) is 222 Å². The van der Waals surface area contributed by atoms with Crippen LogP contribution in [0.2, 0.25) is 0 Å². The van der Waals surface area contributed by atoms with E-state index in [0.717, 1.165) is 18.1 Å². The van der Waals surface area contributed by atoms with Crippen molar-refractivity contribution in [3.8, 4) is 22.5 Å². The van der Waals surface area contributed by atoms with Gasteiger partial charge in [0, 0.05) is 111 Å². The van der Waals surface area contributed by atoms with Gasteiger partial charge in [0.1, 0.15) is 30.4 Å². The molecule has 2 fully saturated rings. The van der Waals surface area contributed by atoms with Crippen molar-refractivity contribution in [3.05, 3.63) is 144 Å². The molecule has 12 atom stereocenters. The van der Waals surface area contributed by atoms with Crippen LogP contribution in [-0.2, 0) is 38.1 Å². The fraction of sp³-hybridized carbons (Fsp3) is 0.446. The molecule has 5 aromatic rings. The van der Waals surface area contributed by atoms with Crippen LogP contribution in [0.25, 0.3) is 22.5 Å². The molecule has 0 unspecified atom stereocenters. The Labute approximate surface area is 607 Å². The zero-order valence-electron chi connectivity index (χ0n) is 53.6. The Bertz CT molecular complexity index is 3290. The first kappa shape index (κ1) is 82.8. The summed E-state index contributed by atoms with van der Waals surface area (Å²) in [6.07, 6.45) is -8.51. The molecule has 3 aromatic carbocycles. The number of aliphatic carboxylic acids is 1. The number of carbonyl (C=O) groups is 7. The predicted octanol–water partition coefficient (Wildman–Crippen LogP) is -5.52. The number of carboxylic acid groups (broad SMARTS) is 1. The molecule has 31 heteroatoms. The molecule has 2 aliphatic rings. The van der Waals surface area contributed by atoms with E-state index >= 15 is 0 Å². The number of thioether (sulfide) groups is 2. The first-order valence-electron chi connectivity index (χ1n) is 30.2. The Morgan fingerprint density at radius 2 is 1.02 bits per heavy atom. The number of rotatable bonds is 35. The Morgan fingerprint density at radius 1 is 0.594 bits per heavy atom. The third kappa shape index (κ3) is 24.1. The van der Waals surface area contributed by atoms with Crippen LogP contribution >= 0.6 is 23.5 Å². The third-order valence-corrected chi connectivity index (χ3v) is 17.4. The number of Topliss-reactive ketones (excluding diaryl/α,β-unsaturated/α-hetero) is 1. The van der Waals surface area contributed by atoms with E-state index in [9.17, 15) is 74.1 Å². The molecular formula is C65H78N7Na2O20S2-. The van der Waals surface area contributed by atoms with Crippen molar-refractivity contribution in [1.82, 2.24) is 36.6 Å². The molecule has 0 saturated carbocycles. The minimum atomic E-state index is -2.59. The molecule has 0 bridgehead atoms. The van der Waals surface area contributed by atoms with Crippen LogP contribution in [0.4, 0.5) is 0 Å². The summed E-state index contributed by atoms with van der Waals surface area (Å²) in [5, 5.41) is 92.2. The number of hydrogen-bond acceptors (Lipinski definition) is 24. The van der Waals surface area contributed by atoms with Crippen molar-refractivity contribution in [2.24, 2.45) is 0 Å². The SMILES string of the molecule is CC(=O)N[C@H]1[C@H]([C@H](O)[C@H](O)CNC(=O)c2ccc(-c3ccccn3)cc2)O[C@]([C-]=O)(OCCCSCCNC(=O)c2ccc(C(=O)CCCSCCCO[C@]3(C(=O)[O-])C[C@H](O)[C@@H](NC(C)=O)[C@H]([C@H](O)[C@H](O)CNC(=O)c4ccc(-c5ccccn5)cc4)O3)cc2)C[C@@H]1O.[Na+].[Na+].[OH-]. The second kappa shape index (κ2) is 41.1. The number of ether oxygens (including phenoxy) is 4. The fourth-order valence-electron chi connectivity index (χ4n) is 10.3. The number of aliphatic hydroxyl groups is 6. The Balaban J connectivity index is 0.00000653. The molecule has 96 heavy (non-hydrogen) atoms. The van der Waals surface area contributed by atoms with Gasteiger partial charge in [-0.2, -0.15) is 23.5 Å². The number of aromatic nitrogens is 2. The van der Waals surface area contributed by atoms with E-state index in [2.05, 4.69) is 36.6 Å². The molecule has 4 heterocycles. The number of carbonyl (C=O) groups excluding carboxylic acids is 8. The van der Waals surface area contributed by atoms with E-state index < -0.39 is 128 Å². The Morgan fingerprint density at radius 3 is 1.48 bits per heavy atom. The smallest absolute Gasteiger partial charge is 0.870 e. The maximum atomic E-state index is 13.0. The number of pyridine rings is 2. The van der Waals surface area contributed by atoms with Crippen molar-refractivity contribution >= 4 is 71.1 Å². The molecule has 7 rings (SSSR count). The summed E-state index contributed by atoms with van der Waals surface area (Å²) in [6, 6.07) is 27.5. The summed E-state index contributed by atoms with van der Waals surface area (Å²) in [5.41, 5.74) is 4.19. The summed E-state index contributed by atoms with van der Waals surface area (Å²) in [6.45, 7) is 1.36. The van der Waals surface area contributed by atoms with Gasteiger partial charge in [0.25, 0.3) is 17.7 Å². The molecule has 508 valence electrons. The first-order valence-corrected chi connectivity index (χ1v) is 32.5. The summed E-state index contributed by atoms with van der Waals surface area (Å²) < 4.78 is 23.2. The van der Waals surface area contributed by atoms with Gasteiger partial charge in [-0.15, -0.1) is 0 Å². The van der Waals surface area contributed by atoms with Crippen LogP contribution in [0, 0.1) is 0 Å². The summed E-state index contributed by atoms with van der Waals surface area (Å²) in [5.74, 6) is -7.48. The monoisotopic (exact) mass is 1390 g/mol. The number of aliphatic hydroxyl groups excluding tert-OH is 6. The Hall–Kier alpha value is -5.62. The molecule has 12 N–H and O–H groups in total. The molecule has 5 amide bonds. The predicted molar refractivity (Wildman–Crippen MR) is 340 cm³/mol. The van der Waals surface area contributed by atoms with Crippen LogP contribution in [0.15, 0.2) is 122 Å². The van der Waals surface area contributed by atoms with Crippen molar-refractivity contribution in [2.45, 2.75) is 125 Å².